The van der Waals surface area contributed by atoms with E-state index in [9.17, 15) is 4.79 Å². The Labute approximate surface area is 115 Å². The predicted molar refractivity (Wildman–Crippen MR) is 76.2 cm³/mol. The van der Waals surface area contributed by atoms with Crippen molar-refractivity contribution in [2.24, 2.45) is 5.92 Å². The van der Waals surface area contributed by atoms with Gasteiger partial charge in [-0.25, -0.2) is 0 Å². The number of aliphatic carboxylic acids is 1. The van der Waals surface area contributed by atoms with Crippen LogP contribution in [0.15, 0.2) is 24.3 Å². The van der Waals surface area contributed by atoms with Crippen LogP contribution in [0, 0.1) is 5.92 Å². The molecule has 19 heavy (non-hydrogen) atoms. The van der Waals surface area contributed by atoms with Gasteiger partial charge < -0.3 is 5.11 Å². The van der Waals surface area contributed by atoms with E-state index in [0.29, 0.717) is 11.8 Å². The van der Waals surface area contributed by atoms with Gasteiger partial charge in [0.25, 0.3) is 0 Å². The fraction of sp³-hybridized carbons (Fsp3) is 0.562. The SMILES string of the molecule is CC(C)c1ccc(CN(CC(=O)O)CC2CC2)cc1. The minimum atomic E-state index is -0.737. The van der Waals surface area contributed by atoms with Crippen LogP contribution in [0.25, 0.3) is 0 Å². The molecule has 0 aliphatic heterocycles. The standard InChI is InChI=1S/C16H23NO2/c1-12(2)15-7-5-14(6-8-15)10-17(11-16(18)19)9-13-3-4-13/h5-8,12-13H,3-4,9-11H2,1-2H3,(H,18,19). The molecule has 0 atom stereocenters. The highest BCUT2D eigenvalue weighted by Gasteiger charge is 2.25. The molecule has 3 heteroatoms. The van der Waals surface area contributed by atoms with Crippen LogP contribution in [0.2, 0.25) is 0 Å². The molecule has 0 radical (unpaired) electrons. The number of hydrogen-bond donors (Lipinski definition) is 1. The van der Waals surface area contributed by atoms with Crippen LogP contribution < -0.4 is 0 Å². The molecule has 1 aliphatic carbocycles. The first-order valence-corrected chi connectivity index (χ1v) is 7.07. The maximum atomic E-state index is 10.9. The normalized spacial score (nSPS) is 15.2. The Morgan fingerprint density at radius 1 is 1.32 bits per heavy atom. The van der Waals surface area contributed by atoms with Gasteiger partial charge in [-0.1, -0.05) is 38.1 Å². The average Bonchev–Trinajstić information content (AvgIpc) is 3.12. The molecule has 1 N–H and O–H groups in total. The second-order valence-corrected chi connectivity index (χ2v) is 5.90. The fourth-order valence-corrected chi connectivity index (χ4v) is 2.31. The van der Waals surface area contributed by atoms with Crippen LogP contribution in [-0.4, -0.2) is 29.1 Å². The summed E-state index contributed by atoms with van der Waals surface area (Å²) >= 11 is 0. The van der Waals surface area contributed by atoms with E-state index in [2.05, 4.69) is 38.1 Å². The van der Waals surface area contributed by atoms with Gasteiger partial charge in [0.1, 0.15) is 0 Å². The third-order valence-corrected chi connectivity index (χ3v) is 3.62. The van der Waals surface area contributed by atoms with Gasteiger partial charge in [0.05, 0.1) is 6.54 Å². The van der Waals surface area contributed by atoms with Gasteiger partial charge in [0.15, 0.2) is 0 Å². The highest BCUT2D eigenvalue weighted by molar-refractivity contribution is 5.69. The van der Waals surface area contributed by atoms with E-state index in [1.54, 1.807) is 0 Å². The van der Waals surface area contributed by atoms with Crippen molar-refractivity contribution < 1.29 is 9.90 Å². The average molecular weight is 261 g/mol. The van der Waals surface area contributed by atoms with E-state index in [1.807, 2.05) is 4.90 Å². The lowest BCUT2D eigenvalue weighted by atomic mass is 10.0. The van der Waals surface area contributed by atoms with E-state index in [-0.39, 0.29) is 6.54 Å². The molecule has 1 saturated carbocycles. The number of nitrogens with zero attached hydrogens (tertiary/aromatic N) is 1. The molecule has 0 heterocycles. The lowest BCUT2D eigenvalue weighted by Crippen LogP contribution is -2.31. The summed E-state index contributed by atoms with van der Waals surface area (Å²) < 4.78 is 0. The van der Waals surface area contributed by atoms with Crippen molar-refractivity contribution in [1.82, 2.24) is 4.90 Å². The van der Waals surface area contributed by atoms with Crippen LogP contribution in [0.1, 0.15) is 43.7 Å². The monoisotopic (exact) mass is 261 g/mol. The van der Waals surface area contributed by atoms with Gasteiger partial charge >= 0.3 is 5.97 Å². The van der Waals surface area contributed by atoms with Gasteiger partial charge in [-0.15, -0.1) is 0 Å². The quantitative estimate of drug-likeness (QED) is 0.820. The zero-order chi connectivity index (χ0) is 13.8. The Kier molecular flexibility index (Phi) is 4.59. The van der Waals surface area contributed by atoms with E-state index >= 15 is 0 Å². The van der Waals surface area contributed by atoms with Crippen molar-refractivity contribution in [3.8, 4) is 0 Å². The van der Waals surface area contributed by atoms with Crippen LogP contribution in [0.4, 0.5) is 0 Å². The summed E-state index contributed by atoms with van der Waals surface area (Å²) in [4.78, 5) is 12.9. The van der Waals surface area contributed by atoms with Gasteiger partial charge in [0.2, 0.25) is 0 Å². The van der Waals surface area contributed by atoms with Gasteiger partial charge in [-0.2, -0.15) is 0 Å². The maximum Gasteiger partial charge on any atom is 0.317 e. The summed E-state index contributed by atoms with van der Waals surface area (Å²) in [6, 6.07) is 8.54. The maximum absolute atomic E-state index is 10.9. The molecule has 0 unspecified atom stereocenters. The Hall–Kier alpha value is -1.35. The highest BCUT2D eigenvalue weighted by atomic mass is 16.4. The molecule has 1 aromatic rings. The van der Waals surface area contributed by atoms with Crippen LogP contribution >= 0.6 is 0 Å². The molecule has 2 rings (SSSR count). The molecule has 0 saturated heterocycles. The van der Waals surface area contributed by atoms with Crippen LogP contribution in [0.5, 0.6) is 0 Å². The smallest absolute Gasteiger partial charge is 0.317 e. The molecule has 1 fully saturated rings. The summed E-state index contributed by atoms with van der Waals surface area (Å²) in [7, 11) is 0. The number of carboxylic acid groups (broad SMARTS) is 1. The molecule has 104 valence electrons. The van der Waals surface area contributed by atoms with E-state index in [1.165, 1.54) is 24.0 Å². The van der Waals surface area contributed by atoms with Crippen molar-refractivity contribution in [2.75, 3.05) is 13.1 Å². The number of carbonyl (C=O) groups is 1. The minimum absolute atomic E-state index is 0.141. The molecule has 1 aromatic carbocycles. The molecule has 0 aromatic heterocycles. The summed E-state index contributed by atoms with van der Waals surface area (Å²) in [6.45, 7) is 6.15. The van der Waals surface area contributed by atoms with Crippen molar-refractivity contribution in [3.63, 3.8) is 0 Å². The first kappa shape index (κ1) is 14.1. The summed E-state index contributed by atoms with van der Waals surface area (Å²) in [6.07, 6.45) is 2.50. The van der Waals surface area contributed by atoms with Crippen LogP contribution in [0.3, 0.4) is 0 Å². The lowest BCUT2D eigenvalue weighted by Gasteiger charge is -2.20. The molecule has 0 spiro atoms. The summed E-state index contributed by atoms with van der Waals surface area (Å²) in [5.41, 5.74) is 2.53. The second kappa shape index (κ2) is 6.20. The predicted octanol–water partition coefficient (Wildman–Crippen LogP) is 3.11. The highest BCUT2D eigenvalue weighted by Crippen LogP contribution is 2.30. The second-order valence-electron chi connectivity index (χ2n) is 5.90. The Balaban J connectivity index is 1.96. The molecular weight excluding hydrogens is 238 g/mol. The molecular formula is C16H23NO2. The van der Waals surface area contributed by atoms with Gasteiger partial charge in [-0.3, -0.25) is 9.69 Å². The Bertz CT molecular complexity index is 421. The summed E-state index contributed by atoms with van der Waals surface area (Å²) in [5.74, 6) is 0.518. The van der Waals surface area contributed by atoms with E-state index in [0.717, 1.165) is 13.1 Å². The molecule has 0 bridgehead atoms. The fourth-order valence-electron chi connectivity index (χ4n) is 2.31. The minimum Gasteiger partial charge on any atom is -0.480 e. The Morgan fingerprint density at radius 3 is 2.42 bits per heavy atom. The number of benzene rings is 1. The van der Waals surface area contributed by atoms with Crippen LogP contribution in [-0.2, 0) is 11.3 Å². The third-order valence-electron chi connectivity index (χ3n) is 3.62. The summed E-state index contributed by atoms with van der Waals surface area (Å²) in [5, 5.41) is 8.97. The number of carboxylic acids is 1. The third kappa shape index (κ3) is 4.67. The molecule has 3 nitrogen and oxygen atoms in total. The van der Waals surface area contributed by atoms with E-state index < -0.39 is 5.97 Å². The van der Waals surface area contributed by atoms with Crippen molar-refractivity contribution >= 4 is 5.97 Å². The molecule has 1 aliphatic rings. The van der Waals surface area contributed by atoms with Crippen molar-refractivity contribution in [2.45, 2.75) is 39.2 Å². The van der Waals surface area contributed by atoms with Gasteiger partial charge in [0, 0.05) is 13.1 Å². The lowest BCUT2D eigenvalue weighted by molar-refractivity contribution is -0.138. The van der Waals surface area contributed by atoms with Crippen molar-refractivity contribution in [1.29, 1.82) is 0 Å². The zero-order valence-corrected chi connectivity index (χ0v) is 11.8. The van der Waals surface area contributed by atoms with E-state index in [4.69, 9.17) is 5.11 Å². The largest absolute Gasteiger partial charge is 0.480 e. The first-order chi connectivity index (χ1) is 9.04. The first-order valence-electron chi connectivity index (χ1n) is 7.07. The van der Waals surface area contributed by atoms with Gasteiger partial charge in [-0.05, 0) is 35.8 Å². The topological polar surface area (TPSA) is 40.5 Å². The Morgan fingerprint density at radius 2 is 1.95 bits per heavy atom. The number of rotatable bonds is 7. The zero-order valence-electron chi connectivity index (χ0n) is 11.8. The van der Waals surface area contributed by atoms with Crippen molar-refractivity contribution in [3.05, 3.63) is 35.4 Å². The number of hydrogen-bond acceptors (Lipinski definition) is 2. The molecule has 0 amide bonds.